The Labute approximate surface area is 263 Å². The summed E-state index contributed by atoms with van der Waals surface area (Å²) in [7, 11) is -4.62. The number of benzene rings is 6. The van der Waals surface area contributed by atoms with E-state index in [0.717, 1.165) is 11.4 Å². The van der Waals surface area contributed by atoms with Crippen LogP contribution in [0.1, 0.15) is 0 Å². The molecule has 6 aromatic rings. The van der Waals surface area contributed by atoms with Gasteiger partial charge in [-0.3, -0.25) is 9.98 Å². The summed E-state index contributed by atoms with van der Waals surface area (Å²) in [6, 6.07) is 60.7. The number of nitrogens with zero attached hydrogens (tertiary/aromatic N) is 2. The molecule has 0 spiro atoms. The molecule has 214 valence electrons. The van der Waals surface area contributed by atoms with Crippen LogP contribution >= 0.6 is 0 Å². The molecule has 4 heteroatoms. The van der Waals surface area contributed by atoms with E-state index in [4.69, 9.17) is 9.98 Å². The zero-order chi connectivity index (χ0) is 30.2. The van der Waals surface area contributed by atoms with E-state index in [9.17, 15) is 0 Å². The molecule has 0 bridgehead atoms. The van der Waals surface area contributed by atoms with Crippen molar-refractivity contribution < 1.29 is 0 Å². The summed E-state index contributed by atoms with van der Waals surface area (Å²) in [4.78, 5) is 10.0. The lowest BCUT2D eigenvalue weighted by molar-refractivity contribution is 1.54. The van der Waals surface area contributed by atoms with Crippen LogP contribution in [-0.2, 0) is 0 Å². The van der Waals surface area contributed by atoms with Gasteiger partial charge in [0, 0.05) is 12.4 Å². The van der Waals surface area contributed by atoms with E-state index in [1.54, 1.807) is 0 Å². The minimum atomic E-state index is -2.31. The molecule has 0 fully saturated rings. The van der Waals surface area contributed by atoms with Crippen molar-refractivity contribution in [1.29, 1.82) is 0 Å². The molecule has 0 unspecified atom stereocenters. The first-order valence-electron chi connectivity index (χ1n) is 15.1. The molecule has 0 aliphatic carbocycles. The fourth-order valence-electron chi connectivity index (χ4n) is 6.29. The maximum atomic E-state index is 5.02. The van der Waals surface area contributed by atoms with Crippen molar-refractivity contribution in [3.05, 3.63) is 170 Å². The van der Waals surface area contributed by atoms with E-state index in [1.165, 1.54) is 31.1 Å². The van der Waals surface area contributed by atoms with Gasteiger partial charge in [0.15, 0.2) is 0 Å². The molecule has 0 saturated heterocycles. The Hall–Kier alpha value is -4.91. The van der Waals surface area contributed by atoms with Gasteiger partial charge in [-0.2, -0.15) is 0 Å². The fourth-order valence-corrected chi connectivity index (χ4v) is 13.8. The molecule has 0 heterocycles. The van der Waals surface area contributed by atoms with Crippen LogP contribution in [-0.4, -0.2) is 28.6 Å². The van der Waals surface area contributed by atoms with Gasteiger partial charge in [0.25, 0.3) is 0 Å². The van der Waals surface area contributed by atoms with Crippen LogP contribution in [0.5, 0.6) is 0 Å². The SMILES string of the molecule is C[Si](c1ccccc1)(c1ccccc1)c1ccccc1N=CC=Nc1ccccc1[Si](C)(c1ccccc1)c1ccccc1. The second-order valence-electron chi connectivity index (χ2n) is 11.3. The van der Waals surface area contributed by atoms with E-state index in [-0.39, 0.29) is 0 Å². The molecule has 0 radical (unpaired) electrons. The lowest BCUT2D eigenvalue weighted by Gasteiger charge is -2.30. The van der Waals surface area contributed by atoms with Gasteiger partial charge in [0.05, 0.1) is 11.4 Å². The van der Waals surface area contributed by atoms with Crippen molar-refractivity contribution in [2.75, 3.05) is 0 Å². The number of rotatable bonds is 9. The summed E-state index contributed by atoms with van der Waals surface area (Å²) >= 11 is 0. The molecule has 44 heavy (non-hydrogen) atoms. The topological polar surface area (TPSA) is 24.7 Å². The molecule has 6 rings (SSSR count). The van der Waals surface area contributed by atoms with E-state index >= 15 is 0 Å². The smallest absolute Gasteiger partial charge is 0.148 e. The zero-order valence-corrected chi connectivity index (χ0v) is 27.2. The van der Waals surface area contributed by atoms with E-state index in [1.807, 2.05) is 12.4 Å². The van der Waals surface area contributed by atoms with Crippen LogP contribution in [0.3, 0.4) is 0 Å². The summed E-state index contributed by atoms with van der Waals surface area (Å²) in [6.07, 6.45) is 3.70. The lowest BCUT2D eigenvalue weighted by Crippen LogP contribution is -2.64. The molecule has 0 amide bonds. The number of hydrogen-bond donors (Lipinski definition) is 0. The molecule has 0 aliphatic rings. The second-order valence-corrected chi connectivity index (χ2v) is 19.2. The fraction of sp³-hybridized carbons (Fsp3) is 0.0500. The second kappa shape index (κ2) is 13.2. The first-order chi connectivity index (χ1) is 21.6. The van der Waals surface area contributed by atoms with Crippen molar-refractivity contribution in [2.24, 2.45) is 9.98 Å². The van der Waals surface area contributed by atoms with Crippen molar-refractivity contribution in [3.63, 3.8) is 0 Å². The van der Waals surface area contributed by atoms with Crippen LogP contribution in [0, 0.1) is 0 Å². The Morgan fingerprint density at radius 3 is 0.886 bits per heavy atom. The van der Waals surface area contributed by atoms with Crippen molar-refractivity contribution >= 4 is 71.1 Å². The Kier molecular flexibility index (Phi) is 8.73. The Bertz CT molecular complexity index is 1650. The molecular formula is C40H36N2Si2. The lowest BCUT2D eigenvalue weighted by atomic mass is 10.3. The molecule has 0 saturated carbocycles. The third-order valence-electron chi connectivity index (χ3n) is 8.78. The van der Waals surface area contributed by atoms with Crippen molar-refractivity contribution in [2.45, 2.75) is 13.1 Å². The average Bonchev–Trinajstić information content (AvgIpc) is 3.11. The highest BCUT2D eigenvalue weighted by atomic mass is 28.3. The van der Waals surface area contributed by atoms with E-state index < -0.39 is 16.1 Å². The molecule has 2 nitrogen and oxygen atoms in total. The first kappa shape index (κ1) is 29.2. The molecule has 0 atom stereocenters. The molecule has 0 N–H and O–H groups in total. The Morgan fingerprint density at radius 2 is 0.591 bits per heavy atom. The Balaban J connectivity index is 1.39. The quantitative estimate of drug-likeness (QED) is 0.111. The largest absolute Gasteiger partial charge is 0.255 e. The summed E-state index contributed by atoms with van der Waals surface area (Å²) in [5, 5.41) is 8.03. The summed E-state index contributed by atoms with van der Waals surface area (Å²) in [5.74, 6) is 0. The maximum Gasteiger partial charge on any atom is 0.148 e. The molecule has 0 aromatic heterocycles. The van der Waals surface area contributed by atoms with Gasteiger partial charge in [-0.25, -0.2) is 0 Å². The monoisotopic (exact) mass is 600 g/mol. The van der Waals surface area contributed by atoms with Crippen LogP contribution in [0.4, 0.5) is 11.4 Å². The zero-order valence-electron chi connectivity index (χ0n) is 25.2. The number of hydrogen-bond acceptors (Lipinski definition) is 2. The minimum absolute atomic E-state index is 0.988. The van der Waals surface area contributed by atoms with Crippen LogP contribution in [0.15, 0.2) is 180 Å². The predicted molar refractivity (Wildman–Crippen MR) is 196 cm³/mol. The summed E-state index contributed by atoms with van der Waals surface area (Å²) < 4.78 is 0. The van der Waals surface area contributed by atoms with Gasteiger partial charge in [-0.05, 0) is 43.3 Å². The summed E-state index contributed by atoms with van der Waals surface area (Å²) in [6.45, 7) is 4.85. The van der Waals surface area contributed by atoms with Gasteiger partial charge in [-0.15, -0.1) is 0 Å². The van der Waals surface area contributed by atoms with Gasteiger partial charge in [0.2, 0.25) is 0 Å². The van der Waals surface area contributed by atoms with Gasteiger partial charge >= 0.3 is 0 Å². The molecular weight excluding hydrogens is 565 g/mol. The molecule has 6 aromatic carbocycles. The average molecular weight is 601 g/mol. The number of para-hydroxylation sites is 2. The van der Waals surface area contributed by atoms with Gasteiger partial charge in [0.1, 0.15) is 16.1 Å². The van der Waals surface area contributed by atoms with Crippen LogP contribution in [0.2, 0.25) is 13.1 Å². The van der Waals surface area contributed by atoms with E-state index in [2.05, 4.69) is 183 Å². The van der Waals surface area contributed by atoms with Gasteiger partial charge < -0.3 is 0 Å². The standard InChI is InChI=1S/C40H36N2Si2/c1-43(33-19-7-3-8-20-33,34-21-9-4-10-22-34)39-29-17-15-27-37(39)41-31-32-42-38-28-16-18-30-40(38)44(2,35-23-11-5-12-24-35)36-25-13-6-14-26-36/h3-32H,1-2H3. The van der Waals surface area contributed by atoms with Crippen molar-refractivity contribution in [3.8, 4) is 0 Å². The molecule has 0 aliphatic heterocycles. The third-order valence-corrected chi connectivity index (χ3v) is 17.7. The Morgan fingerprint density at radius 1 is 0.341 bits per heavy atom. The van der Waals surface area contributed by atoms with Crippen LogP contribution < -0.4 is 31.1 Å². The third kappa shape index (κ3) is 5.70. The maximum absolute atomic E-state index is 5.02. The minimum Gasteiger partial charge on any atom is -0.255 e. The number of aliphatic imine (C=N–C) groups is 2. The highest BCUT2D eigenvalue weighted by Crippen LogP contribution is 2.18. The highest BCUT2D eigenvalue weighted by Gasteiger charge is 2.37. The predicted octanol–water partition coefficient (Wildman–Crippen LogP) is 5.99. The highest BCUT2D eigenvalue weighted by molar-refractivity contribution is 7.12. The van der Waals surface area contributed by atoms with E-state index in [0.29, 0.717) is 0 Å². The summed E-state index contributed by atoms with van der Waals surface area (Å²) in [5.41, 5.74) is 1.98. The van der Waals surface area contributed by atoms with Gasteiger partial charge in [-0.1, -0.05) is 171 Å². The normalized spacial score (nSPS) is 12.1. The van der Waals surface area contributed by atoms with Crippen molar-refractivity contribution in [1.82, 2.24) is 0 Å². The van der Waals surface area contributed by atoms with Crippen LogP contribution in [0.25, 0.3) is 0 Å². The first-order valence-corrected chi connectivity index (χ1v) is 20.1.